The Morgan fingerprint density at radius 1 is 1.67 bits per heavy atom. The molecule has 1 rings (SSSR count). The minimum atomic E-state index is -0.149. The second-order valence-electron chi connectivity index (χ2n) is 2.87. The summed E-state index contributed by atoms with van der Waals surface area (Å²) in [5.41, 5.74) is 0. The SMILES string of the molecule is COC(=O)[C@@H]1C[C@H](S)CN1C.Cl. The number of ether oxygens (including phenoxy) is 1. The molecule has 0 aromatic carbocycles. The Bertz CT molecular complexity index is 167. The number of nitrogens with zero attached hydrogens (tertiary/aromatic N) is 1. The molecule has 0 aliphatic carbocycles. The van der Waals surface area contributed by atoms with Crippen LogP contribution in [-0.4, -0.2) is 42.9 Å². The van der Waals surface area contributed by atoms with E-state index >= 15 is 0 Å². The van der Waals surface area contributed by atoms with Crippen LogP contribution in [0.2, 0.25) is 0 Å². The van der Waals surface area contributed by atoms with Gasteiger partial charge in [0.1, 0.15) is 6.04 Å². The first kappa shape index (κ1) is 12.1. The van der Waals surface area contributed by atoms with Crippen LogP contribution in [0.25, 0.3) is 0 Å². The predicted octanol–water partition coefficient (Wildman–Crippen LogP) is 0.584. The summed E-state index contributed by atoms with van der Waals surface area (Å²) in [5.74, 6) is -0.149. The van der Waals surface area contributed by atoms with Crippen molar-refractivity contribution in [2.24, 2.45) is 0 Å². The van der Waals surface area contributed by atoms with Crippen molar-refractivity contribution in [1.82, 2.24) is 4.90 Å². The van der Waals surface area contributed by atoms with Gasteiger partial charge < -0.3 is 4.74 Å². The van der Waals surface area contributed by atoms with Crippen molar-refractivity contribution in [1.29, 1.82) is 0 Å². The van der Waals surface area contributed by atoms with Gasteiger partial charge in [0.25, 0.3) is 0 Å². The van der Waals surface area contributed by atoms with Gasteiger partial charge in [-0.2, -0.15) is 12.6 Å². The van der Waals surface area contributed by atoms with Gasteiger partial charge in [0, 0.05) is 11.8 Å². The number of esters is 1. The third kappa shape index (κ3) is 2.54. The van der Waals surface area contributed by atoms with E-state index in [2.05, 4.69) is 17.4 Å². The molecule has 72 valence electrons. The summed E-state index contributed by atoms with van der Waals surface area (Å²) in [5, 5.41) is 0.309. The van der Waals surface area contributed by atoms with E-state index in [4.69, 9.17) is 0 Å². The van der Waals surface area contributed by atoms with Crippen LogP contribution >= 0.6 is 25.0 Å². The Balaban J connectivity index is 0.00000121. The number of thiol groups is 1. The maximum Gasteiger partial charge on any atom is 0.323 e. The fourth-order valence-electron chi connectivity index (χ4n) is 1.38. The van der Waals surface area contributed by atoms with Gasteiger partial charge in [-0.25, -0.2) is 0 Å². The lowest BCUT2D eigenvalue weighted by molar-refractivity contribution is -0.145. The molecule has 5 heteroatoms. The fourth-order valence-corrected chi connectivity index (χ4v) is 1.84. The first-order chi connectivity index (χ1) is 5.15. The fraction of sp³-hybridized carbons (Fsp3) is 0.857. The maximum absolute atomic E-state index is 11.1. The molecule has 1 heterocycles. The number of likely N-dealkylation sites (tertiary alicyclic amines) is 1. The van der Waals surface area contributed by atoms with Crippen molar-refractivity contribution >= 4 is 31.0 Å². The average molecular weight is 212 g/mol. The molecule has 1 fully saturated rings. The molecule has 0 amide bonds. The predicted molar refractivity (Wildman–Crippen MR) is 53.1 cm³/mol. The summed E-state index contributed by atoms with van der Waals surface area (Å²) >= 11 is 4.30. The molecule has 0 spiro atoms. The van der Waals surface area contributed by atoms with Gasteiger partial charge in [-0.15, -0.1) is 12.4 Å². The Hall–Kier alpha value is 0.0700. The lowest BCUT2D eigenvalue weighted by atomic mass is 10.2. The average Bonchev–Trinajstić information content (AvgIpc) is 2.28. The van der Waals surface area contributed by atoms with Crippen molar-refractivity contribution in [2.45, 2.75) is 17.7 Å². The second kappa shape index (κ2) is 4.94. The third-order valence-electron chi connectivity index (χ3n) is 2.00. The maximum atomic E-state index is 11.1. The zero-order valence-corrected chi connectivity index (χ0v) is 8.90. The molecule has 0 unspecified atom stereocenters. The molecular formula is C7H14ClNO2S. The van der Waals surface area contributed by atoms with E-state index in [9.17, 15) is 4.79 Å². The van der Waals surface area contributed by atoms with Crippen LogP contribution in [0.1, 0.15) is 6.42 Å². The largest absolute Gasteiger partial charge is 0.468 e. The molecule has 1 aliphatic rings. The molecule has 0 aromatic heterocycles. The lowest BCUT2D eigenvalue weighted by Gasteiger charge is -2.15. The quantitative estimate of drug-likeness (QED) is 0.509. The molecule has 12 heavy (non-hydrogen) atoms. The normalized spacial score (nSPS) is 29.6. The van der Waals surface area contributed by atoms with Gasteiger partial charge in [-0.1, -0.05) is 0 Å². The Labute approximate surface area is 84.3 Å². The van der Waals surface area contributed by atoms with E-state index in [-0.39, 0.29) is 24.4 Å². The summed E-state index contributed by atoms with van der Waals surface area (Å²) in [6.45, 7) is 0.864. The summed E-state index contributed by atoms with van der Waals surface area (Å²) in [6.07, 6.45) is 0.798. The Kier molecular flexibility index (Phi) is 4.97. The first-order valence-electron chi connectivity index (χ1n) is 3.61. The van der Waals surface area contributed by atoms with E-state index in [0.717, 1.165) is 13.0 Å². The molecule has 0 aromatic rings. The highest BCUT2D eigenvalue weighted by Gasteiger charge is 2.33. The van der Waals surface area contributed by atoms with Crippen LogP contribution < -0.4 is 0 Å². The van der Waals surface area contributed by atoms with Crippen molar-refractivity contribution in [3.05, 3.63) is 0 Å². The highest BCUT2D eigenvalue weighted by Crippen LogP contribution is 2.20. The van der Waals surface area contributed by atoms with Crippen molar-refractivity contribution in [2.75, 3.05) is 20.7 Å². The van der Waals surface area contributed by atoms with Gasteiger partial charge >= 0.3 is 5.97 Å². The van der Waals surface area contributed by atoms with Crippen molar-refractivity contribution in [3.8, 4) is 0 Å². The van der Waals surface area contributed by atoms with Gasteiger partial charge in [0.15, 0.2) is 0 Å². The van der Waals surface area contributed by atoms with Crippen molar-refractivity contribution < 1.29 is 9.53 Å². The summed E-state index contributed by atoms with van der Waals surface area (Å²) < 4.78 is 4.64. The van der Waals surface area contributed by atoms with Gasteiger partial charge in [0.05, 0.1) is 7.11 Å². The number of carbonyl (C=O) groups is 1. The Morgan fingerprint density at radius 3 is 2.58 bits per heavy atom. The molecule has 3 nitrogen and oxygen atoms in total. The number of methoxy groups -OCH3 is 1. The Morgan fingerprint density at radius 2 is 2.25 bits per heavy atom. The summed E-state index contributed by atoms with van der Waals surface area (Å²) in [6, 6.07) is -0.0810. The number of hydrogen-bond donors (Lipinski definition) is 1. The molecule has 1 aliphatic heterocycles. The van der Waals surface area contributed by atoms with Crippen LogP contribution in [-0.2, 0) is 9.53 Å². The standard InChI is InChI=1S/C7H13NO2S.ClH/c1-8-4-5(11)3-6(8)7(9)10-2;/h5-6,11H,3-4H2,1-2H3;1H/t5-,6-;/m0./s1. The molecule has 2 atom stereocenters. The number of likely N-dealkylation sites (N-methyl/N-ethyl adjacent to an activating group) is 1. The van der Waals surface area contributed by atoms with Crippen molar-refractivity contribution in [3.63, 3.8) is 0 Å². The van der Waals surface area contributed by atoms with Crippen LogP contribution in [0.3, 0.4) is 0 Å². The minimum absolute atomic E-state index is 0. The van der Waals surface area contributed by atoms with E-state index in [1.54, 1.807) is 0 Å². The topological polar surface area (TPSA) is 29.5 Å². The molecule has 0 N–H and O–H groups in total. The highest BCUT2D eigenvalue weighted by molar-refractivity contribution is 7.81. The monoisotopic (exact) mass is 211 g/mol. The zero-order chi connectivity index (χ0) is 8.43. The van der Waals surface area contributed by atoms with Crippen LogP contribution in [0.15, 0.2) is 0 Å². The number of halogens is 1. The first-order valence-corrected chi connectivity index (χ1v) is 4.13. The van der Waals surface area contributed by atoms with E-state index < -0.39 is 0 Å². The number of carbonyl (C=O) groups excluding carboxylic acids is 1. The molecular weight excluding hydrogens is 198 g/mol. The van der Waals surface area contributed by atoms with Crippen LogP contribution in [0.4, 0.5) is 0 Å². The molecule has 0 bridgehead atoms. The third-order valence-corrected chi connectivity index (χ3v) is 2.37. The highest BCUT2D eigenvalue weighted by atomic mass is 35.5. The van der Waals surface area contributed by atoms with E-state index in [1.165, 1.54) is 7.11 Å². The van der Waals surface area contributed by atoms with Crippen LogP contribution in [0.5, 0.6) is 0 Å². The van der Waals surface area contributed by atoms with E-state index in [0.29, 0.717) is 5.25 Å². The smallest absolute Gasteiger partial charge is 0.323 e. The number of rotatable bonds is 1. The van der Waals surface area contributed by atoms with Gasteiger partial charge in [-0.05, 0) is 13.5 Å². The molecule has 0 radical (unpaired) electrons. The summed E-state index contributed by atoms with van der Waals surface area (Å²) in [4.78, 5) is 13.0. The summed E-state index contributed by atoms with van der Waals surface area (Å²) in [7, 11) is 3.33. The van der Waals surface area contributed by atoms with Gasteiger partial charge in [-0.3, -0.25) is 9.69 Å². The molecule has 0 saturated carbocycles. The molecule has 1 saturated heterocycles. The lowest BCUT2D eigenvalue weighted by Crippen LogP contribution is -2.33. The van der Waals surface area contributed by atoms with Gasteiger partial charge in [0.2, 0.25) is 0 Å². The zero-order valence-electron chi connectivity index (χ0n) is 7.19. The minimum Gasteiger partial charge on any atom is -0.468 e. The van der Waals surface area contributed by atoms with E-state index in [1.807, 2.05) is 11.9 Å². The second-order valence-corrected chi connectivity index (χ2v) is 3.60. The van der Waals surface area contributed by atoms with Crippen LogP contribution in [0, 0.1) is 0 Å². The number of hydrogen-bond acceptors (Lipinski definition) is 4.